The van der Waals surface area contributed by atoms with Crippen LogP contribution in [-0.4, -0.2) is 16.7 Å². The maximum absolute atomic E-state index is 10.6. The Kier molecular flexibility index (Phi) is 3.64. The SMILES string of the molecule is O=[N+]([O-])c1ccc(C2=NOC(Cc3ccccc3)C2)cc1. The molecule has 5 nitrogen and oxygen atoms in total. The molecule has 0 fully saturated rings. The number of hydrogen-bond donors (Lipinski definition) is 0. The van der Waals surface area contributed by atoms with Crippen molar-refractivity contribution in [2.45, 2.75) is 18.9 Å². The maximum atomic E-state index is 10.6. The summed E-state index contributed by atoms with van der Waals surface area (Å²) < 4.78 is 0. The van der Waals surface area contributed by atoms with Gasteiger partial charge in [0.05, 0.1) is 10.6 Å². The number of hydrogen-bond acceptors (Lipinski definition) is 4. The van der Waals surface area contributed by atoms with Crippen LogP contribution in [0, 0.1) is 10.1 Å². The fourth-order valence-corrected chi connectivity index (χ4v) is 2.36. The molecule has 0 saturated heterocycles. The zero-order valence-electron chi connectivity index (χ0n) is 11.3. The van der Waals surface area contributed by atoms with Crippen LogP contribution in [0.1, 0.15) is 17.5 Å². The molecule has 0 saturated carbocycles. The lowest BCUT2D eigenvalue weighted by Crippen LogP contribution is -2.11. The van der Waals surface area contributed by atoms with Gasteiger partial charge in [0.1, 0.15) is 6.10 Å². The van der Waals surface area contributed by atoms with Gasteiger partial charge in [0, 0.05) is 25.0 Å². The second-order valence-electron chi connectivity index (χ2n) is 4.96. The van der Waals surface area contributed by atoms with Gasteiger partial charge in [0.25, 0.3) is 5.69 Å². The van der Waals surface area contributed by atoms with E-state index in [-0.39, 0.29) is 11.8 Å². The molecule has 1 aliphatic heterocycles. The Morgan fingerprint density at radius 1 is 1.14 bits per heavy atom. The molecule has 21 heavy (non-hydrogen) atoms. The number of oxime groups is 1. The summed E-state index contributed by atoms with van der Waals surface area (Å²) in [4.78, 5) is 15.7. The van der Waals surface area contributed by atoms with Crippen LogP contribution in [0.15, 0.2) is 59.8 Å². The minimum atomic E-state index is -0.408. The van der Waals surface area contributed by atoms with Crippen molar-refractivity contribution in [3.63, 3.8) is 0 Å². The summed E-state index contributed by atoms with van der Waals surface area (Å²) in [5, 5.41) is 14.7. The number of nitro benzene ring substituents is 1. The van der Waals surface area contributed by atoms with E-state index in [1.807, 2.05) is 18.2 Å². The highest BCUT2D eigenvalue weighted by Gasteiger charge is 2.22. The Morgan fingerprint density at radius 2 is 1.86 bits per heavy atom. The molecule has 0 amide bonds. The molecule has 0 aromatic heterocycles. The summed E-state index contributed by atoms with van der Waals surface area (Å²) in [7, 11) is 0. The summed E-state index contributed by atoms with van der Waals surface area (Å²) in [6.45, 7) is 0. The van der Waals surface area contributed by atoms with Gasteiger partial charge in [-0.1, -0.05) is 35.5 Å². The average molecular weight is 282 g/mol. The van der Waals surface area contributed by atoms with Crippen molar-refractivity contribution >= 4 is 11.4 Å². The molecule has 0 spiro atoms. The summed E-state index contributed by atoms with van der Waals surface area (Å²) in [6, 6.07) is 16.5. The van der Waals surface area contributed by atoms with Crippen molar-refractivity contribution in [2.75, 3.05) is 0 Å². The first-order valence-corrected chi connectivity index (χ1v) is 6.74. The maximum Gasteiger partial charge on any atom is 0.269 e. The van der Waals surface area contributed by atoms with Crippen LogP contribution in [0.4, 0.5) is 5.69 Å². The van der Waals surface area contributed by atoms with Crippen LogP contribution in [0.2, 0.25) is 0 Å². The third kappa shape index (κ3) is 3.08. The van der Waals surface area contributed by atoms with E-state index in [4.69, 9.17) is 4.84 Å². The standard InChI is InChI=1S/C16H14N2O3/c19-18(20)14-8-6-13(7-9-14)16-11-15(21-17-16)10-12-4-2-1-3-5-12/h1-9,15H,10-11H2. The molecule has 1 unspecified atom stereocenters. The first-order valence-electron chi connectivity index (χ1n) is 6.74. The summed E-state index contributed by atoms with van der Waals surface area (Å²) in [5.74, 6) is 0. The normalized spacial score (nSPS) is 17.1. The largest absolute Gasteiger partial charge is 0.391 e. The van der Waals surface area contributed by atoms with E-state index in [0.717, 1.165) is 17.7 Å². The van der Waals surface area contributed by atoms with Crippen LogP contribution in [0.5, 0.6) is 0 Å². The van der Waals surface area contributed by atoms with E-state index in [2.05, 4.69) is 17.3 Å². The second-order valence-corrected chi connectivity index (χ2v) is 4.96. The fourth-order valence-electron chi connectivity index (χ4n) is 2.36. The lowest BCUT2D eigenvalue weighted by atomic mass is 10.0. The topological polar surface area (TPSA) is 64.7 Å². The molecule has 1 atom stereocenters. The predicted molar refractivity (Wildman–Crippen MR) is 79.3 cm³/mol. The molecule has 106 valence electrons. The minimum Gasteiger partial charge on any atom is -0.391 e. The Labute approximate surface area is 122 Å². The van der Waals surface area contributed by atoms with Crippen molar-refractivity contribution in [3.05, 3.63) is 75.8 Å². The highest BCUT2D eigenvalue weighted by molar-refractivity contribution is 6.01. The minimum absolute atomic E-state index is 0.0255. The molecule has 0 radical (unpaired) electrons. The van der Waals surface area contributed by atoms with Crippen LogP contribution < -0.4 is 0 Å². The van der Waals surface area contributed by atoms with Gasteiger partial charge in [-0.15, -0.1) is 0 Å². The van der Waals surface area contributed by atoms with Gasteiger partial charge >= 0.3 is 0 Å². The predicted octanol–water partition coefficient (Wildman–Crippen LogP) is 3.33. The Balaban J connectivity index is 1.65. The molecule has 5 heteroatoms. The number of nitrogens with zero attached hydrogens (tertiary/aromatic N) is 2. The van der Waals surface area contributed by atoms with Gasteiger partial charge in [-0.2, -0.15) is 0 Å². The van der Waals surface area contributed by atoms with Crippen molar-refractivity contribution < 1.29 is 9.76 Å². The molecule has 0 aliphatic carbocycles. The number of benzene rings is 2. The zero-order valence-corrected chi connectivity index (χ0v) is 11.3. The molecule has 0 N–H and O–H groups in total. The van der Waals surface area contributed by atoms with Crippen LogP contribution in [0.3, 0.4) is 0 Å². The van der Waals surface area contributed by atoms with Crippen LogP contribution in [0.25, 0.3) is 0 Å². The van der Waals surface area contributed by atoms with E-state index in [9.17, 15) is 10.1 Å². The van der Waals surface area contributed by atoms with Crippen LogP contribution in [-0.2, 0) is 11.3 Å². The Bertz CT molecular complexity index is 666. The van der Waals surface area contributed by atoms with E-state index in [1.54, 1.807) is 12.1 Å². The lowest BCUT2D eigenvalue weighted by Gasteiger charge is -2.07. The lowest BCUT2D eigenvalue weighted by molar-refractivity contribution is -0.384. The fraction of sp³-hybridized carbons (Fsp3) is 0.188. The third-order valence-corrected chi connectivity index (χ3v) is 3.45. The quantitative estimate of drug-likeness (QED) is 0.638. The molecule has 2 aromatic rings. The van der Waals surface area contributed by atoms with Gasteiger partial charge in [-0.3, -0.25) is 10.1 Å². The van der Waals surface area contributed by atoms with E-state index in [1.165, 1.54) is 17.7 Å². The smallest absolute Gasteiger partial charge is 0.269 e. The number of rotatable bonds is 4. The summed E-state index contributed by atoms with van der Waals surface area (Å²) in [5.41, 5.74) is 3.00. The average Bonchev–Trinajstić information content (AvgIpc) is 2.97. The number of nitro groups is 1. The molecular weight excluding hydrogens is 268 g/mol. The second kappa shape index (κ2) is 5.75. The first-order chi connectivity index (χ1) is 10.2. The molecule has 3 rings (SSSR count). The van der Waals surface area contributed by atoms with E-state index >= 15 is 0 Å². The van der Waals surface area contributed by atoms with Gasteiger partial charge < -0.3 is 4.84 Å². The molecule has 1 aliphatic rings. The Hall–Kier alpha value is -2.69. The highest BCUT2D eigenvalue weighted by Crippen LogP contribution is 2.21. The van der Waals surface area contributed by atoms with Gasteiger partial charge in [0.2, 0.25) is 0 Å². The monoisotopic (exact) mass is 282 g/mol. The van der Waals surface area contributed by atoms with Crippen molar-refractivity contribution in [1.29, 1.82) is 0 Å². The zero-order chi connectivity index (χ0) is 14.7. The van der Waals surface area contributed by atoms with Gasteiger partial charge in [-0.05, 0) is 23.3 Å². The van der Waals surface area contributed by atoms with Gasteiger partial charge in [0.15, 0.2) is 0 Å². The summed E-state index contributed by atoms with van der Waals surface area (Å²) >= 11 is 0. The third-order valence-electron chi connectivity index (χ3n) is 3.45. The van der Waals surface area contributed by atoms with Crippen LogP contribution >= 0.6 is 0 Å². The molecular formula is C16H14N2O3. The first kappa shape index (κ1) is 13.3. The molecule has 1 heterocycles. The van der Waals surface area contributed by atoms with Gasteiger partial charge in [-0.25, -0.2) is 0 Å². The molecule has 2 aromatic carbocycles. The van der Waals surface area contributed by atoms with E-state index < -0.39 is 4.92 Å². The van der Waals surface area contributed by atoms with Crippen molar-refractivity contribution in [2.24, 2.45) is 5.16 Å². The van der Waals surface area contributed by atoms with E-state index in [0.29, 0.717) is 6.42 Å². The highest BCUT2D eigenvalue weighted by atomic mass is 16.6. The number of non-ortho nitro benzene ring substituents is 1. The Morgan fingerprint density at radius 3 is 2.52 bits per heavy atom. The van der Waals surface area contributed by atoms with Crippen molar-refractivity contribution in [3.8, 4) is 0 Å². The van der Waals surface area contributed by atoms with Crippen molar-refractivity contribution in [1.82, 2.24) is 0 Å². The molecule has 0 bridgehead atoms. The summed E-state index contributed by atoms with van der Waals surface area (Å²) in [6.07, 6.45) is 1.55.